The van der Waals surface area contributed by atoms with Gasteiger partial charge in [0.25, 0.3) is 0 Å². The van der Waals surface area contributed by atoms with Gasteiger partial charge in [0, 0.05) is 51.4 Å². The number of nitrogens with one attached hydrogen (secondary N) is 1. The predicted octanol–water partition coefficient (Wildman–Crippen LogP) is 5.25. The molecule has 1 amide bonds. The minimum Gasteiger partial charge on any atom is -0.355 e. The number of aromatic nitrogens is 2. The molecular weight excluding hydrogens is 448 g/mol. The Labute approximate surface area is 183 Å². The van der Waals surface area contributed by atoms with Gasteiger partial charge in [-0.1, -0.05) is 27.7 Å². The largest absolute Gasteiger partial charge is 0.355 e. The van der Waals surface area contributed by atoms with Gasteiger partial charge in [-0.3, -0.25) is 9.78 Å². The maximum atomic E-state index is 12.7. The van der Waals surface area contributed by atoms with Gasteiger partial charge in [-0.2, -0.15) is 0 Å². The Balaban J connectivity index is 1.29. The number of rotatable bonds is 5. The van der Waals surface area contributed by atoms with Gasteiger partial charge in [0.1, 0.15) is 5.82 Å². The highest BCUT2D eigenvalue weighted by Crippen LogP contribution is 2.30. The van der Waals surface area contributed by atoms with E-state index in [-0.39, 0.29) is 11.8 Å². The summed E-state index contributed by atoms with van der Waals surface area (Å²) < 4.78 is 1.07. The molecule has 1 aliphatic rings. The third-order valence-electron chi connectivity index (χ3n) is 4.91. The number of hydrogen-bond acceptors (Lipinski definition) is 5. The van der Waals surface area contributed by atoms with Crippen molar-refractivity contribution >= 4 is 45.1 Å². The van der Waals surface area contributed by atoms with Gasteiger partial charge in [0.2, 0.25) is 5.91 Å². The number of hydrogen-bond donors (Lipinski definition) is 1. The van der Waals surface area contributed by atoms with Crippen LogP contribution >= 0.6 is 27.7 Å². The van der Waals surface area contributed by atoms with Gasteiger partial charge in [0.05, 0.1) is 6.20 Å². The Kier molecular flexibility index (Phi) is 6.46. The summed E-state index contributed by atoms with van der Waals surface area (Å²) in [5, 5.41) is 3.06. The predicted molar refractivity (Wildman–Crippen MR) is 120 cm³/mol. The molecule has 0 bridgehead atoms. The quantitative estimate of drug-likeness (QED) is 0.554. The van der Waals surface area contributed by atoms with Crippen LogP contribution in [0.3, 0.4) is 0 Å². The lowest BCUT2D eigenvalue weighted by Gasteiger charge is -2.31. The lowest BCUT2D eigenvalue weighted by atomic mass is 9.96. The molecule has 0 radical (unpaired) electrons. The van der Waals surface area contributed by atoms with Crippen LogP contribution in [0, 0.1) is 5.92 Å². The van der Waals surface area contributed by atoms with E-state index in [9.17, 15) is 4.79 Å². The van der Waals surface area contributed by atoms with E-state index >= 15 is 0 Å². The monoisotopic (exact) mass is 468 g/mol. The Hall–Kier alpha value is -2.38. The first-order valence-corrected chi connectivity index (χ1v) is 11.1. The first kappa shape index (κ1) is 19.9. The van der Waals surface area contributed by atoms with Crippen molar-refractivity contribution < 1.29 is 4.79 Å². The molecule has 5 nitrogen and oxygen atoms in total. The summed E-state index contributed by atoms with van der Waals surface area (Å²) in [6.45, 7) is 1.64. The van der Waals surface area contributed by atoms with Gasteiger partial charge in [-0.25, -0.2) is 4.98 Å². The Morgan fingerprint density at radius 2 is 1.66 bits per heavy atom. The van der Waals surface area contributed by atoms with Crippen LogP contribution in [0.2, 0.25) is 0 Å². The van der Waals surface area contributed by atoms with Crippen molar-refractivity contribution in [2.75, 3.05) is 23.3 Å². The van der Waals surface area contributed by atoms with Crippen LogP contribution in [-0.2, 0) is 4.79 Å². The minimum absolute atomic E-state index is 0.0275. The molecule has 1 aromatic heterocycles. The van der Waals surface area contributed by atoms with Gasteiger partial charge in [-0.15, -0.1) is 0 Å². The summed E-state index contributed by atoms with van der Waals surface area (Å²) in [7, 11) is 0. The van der Waals surface area contributed by atoms with E-state index in [1.54, 1.807) is 30.4 Å². The molecule has 0 saturated carbocycles. The van der Waals surface area contributed by atoms with Gasteiger partial charge < -0.3 is 10.2 Å². The molecule has 1 saturated heterocycles. The Morgan fingerprint density at radius 3 is 2.28 bits per heavy atom. The number of carbonyl (C=O) groups is 1. The molecule has 2 heterocycles. The van der Waals surface area contributed by atoms with E-state index in [4.69, 9.17) is 0 Å². The molecule has 0 atom stereocenters. The number of amides is 1. The Bertz CT molecular complexity index is 943. The van der Waals surface area contributed by atoms with Crippen molar-refractivity contribution in [1.82, 2.24) is 9.97 Å². The second-order valence-corrected chi connectivity index (χ2v) is 8.96. The van der Waals surface area contributed by atoms with E-state index in [1.165, 1.54) is 4.90 Å². The number of nitrogens with zero attached hydrogens (tertiary/aromatic N) is 3. The summed E-state index contributed by atoms with van der Waals surface area (Å²) in [4.78, 5) is 25.6. The summed E-state index contributed by atoms with van der Waals surface area (Å²) in [5.41, 5.74) is 0.839. The van der Waals surface area contributed by atoms with Crippen molar-refractivity contribution in [3.63, 3.8) is 0 Å². The van der Waals surface area contributed by atoms with Crippen LogP contribution in [0.1, 0.15) is 12.8 Å². The fraction of sp³-hybridized carbons (Fsp3) is 0.227. The zero-order valence-corrected chi connectivity index (χ0v) is 18.2. The van der Waals surface area contributed by atoms with Crippen LogP contribution in [0.4, 0.5) is 11.5 Å². The first-order chi connectivity index (χ1) is 14.2. The van der Waals surface area contributed by atoms with E-state index < -0.39 is 0 Å². The highest BCUT2D eigenvalue weighted by molar-refractivity contribution is 9.10. The van der Waals surface area contributed by atoms with Crippen molar-refractivity contribution in [3.05, 3.63) is 71.6 Å². The molecule has 0 unspecified atom stereocenters. The van der Waals surface area contributed by atoms with E-state index in [0.717, 1.165) is 46.8 Å². The Morgan fingerprint density at radius 1 is 1.00 bits per heavy atom. The molecule has 148 valence electrons. The van der Waals surface area contributed by atoms with Crippen molar-refractivity contribution in [3.8, 4) is 0 Å². The summed E-state index contributed by atoms with van der Waals surface area (Å²) in [6, 6.07) is 16.2. The number of anilines is 2. The van der Waals surface area contributed by atoms with Crippen LogP contribution < -0.4 is 10.2 Å². The fourth-order valence-corrected chi connectivity index (χ4v) is 4.40. The first-order valence-electron chi connectivity index (χ1n) is 9.53. The maximum Gasteiger partial charge on any atom is 0.227 e. The zero-order valence-electron chi connectivity index (χ0n) is 15.8. The molecule has 1 fully saturated rings. The maximum absolute atomic E-state index is 12.7. The van der Waals surface area contributed by atoms with Crippen LogP contribution in [0.5, 0.6) is 0 Å². The summed E-state index contributed by atoms with van der Waals surface area (Å²) >= 11 is 5.15. The molecule has 29 heavy (non-hydrogen) atoms. The highest BCUT2D eigenvalue weighted by Gasteiger charge is 2.25. The van der Waals surface area contributed by atoms with Gasteiger partial charge in [0.15, 0.2) is 0 Å². The highest BCUT2D eigenvalue weighted by atomic mass is 79.9. The fourth-order valence-electron chi connectivity index (χ4n) is 3.31. The summed E-state index contributed by atoms with van der Waals surface area (Å²) in [6.07, 6.45) is 6.78. The second-order valence-electron chi connectivity index (χ2n) is 6.89. The average molecular weight is 469 g/mol. The molecule has 3 aromatic rings. The van der Waals surface area contributed by atoms with E-state index in [1.807, 2.05) is 36.4 Å². The van der Waals surface area contributed by atoms with Crippen molar-refractivity contribution in [1.29, 1.82) is 0 Å². The molecule has 4 rings (SSSR count). The zero-order chi connectivity index (χ0) is 20.1. The SMILES string of the molecule is O=C(Nc1ccc(Sc2ccc(Br)cc2)cc1)C1CCN(c2cnccn2)CC1. The third-order valence-corrected chi connectivity index (χ3v) is 6.45. The number of benzene rings is 2. The second kappa shape index (κ2) is 9.41. The molecule has 7 heteroatoms. The van der Waals surface area contributed by atoms with Gasteiger partial charge >= 0.3 is 0 Å². The molecule has 1 N–H and O–H groups in total. The van der Waals surface area contributed by atoms with E-state index in [2.05, 4.69) is 48.2 Å². The lowest BCUT2D eigenvalue weighted by Crippen LogP contribution is -2.38. The van der Waals surface area contributed by atoms with Crippen molar-refractivity contribution in [2.24, 2.45) is 5.92 Å². The van der Waals surface area contributed by atoms with Crippen LogP contribution in [0.25, 0.3) is 0 Å². The van der Waals surface area contributed by atoms with Crippen molar-refractivity contribution in [2.45, 2.75) is 22.6 Å². The standard InChI is InChI=1S/C22H21BrN4OS/c23-17-1-5-19(6-2-17)29-20-7-3-18(4-8-20)26-22(28)16-9-13-27(14-10-16)21-15-24-11-12-25-21/h1-8,11-12,15-16H,9-10,13-14H2,(H,26,28). The normalized spacial score (nSPS) is 14.6. The number of halogens is 1. The average Bonchev–Trinajstić information content (AvgIpc) is 2.77. The molecule has 0 aliphatic carbocycles. The number of carbonyl (C=O) groups excluding carboxylic acids is 1. The van der Waals surface area contributed by atoms with Crippen LogP contribution in [0.15, 0.2) is 81.4 Å². The van der Waals surface area contributed by atoms with E-state index in [0.29, 0.717) is 0 Å². The molecule has 0 spiro atoms. The minimum atomic E-state index is 0.0275. The molecule has 1 aliphatic heterocycles. The smallest absolute Gasteiger partial charge is 0.227 e. The summed E-state index contributed by atoms with van der Waals surface area (Å²) in [5.74, 6) is 1.00. The molecular formula is C22H21BrN4OS. The topological polar surface area (TPSA) is 58.1 Å². The van der Waals surface area contributed by atoms with Crippen LogP contribution in [-0.4, -0.2) is 29.0 Å². The van der Waals surface area contributed by atoms with Gasteiger partial charge in [-0.05, 0) is 61.4 Å². The number of piperidine rings is 1. The molecule has 2 aromatic carbocycles. The third kappa shape index (κ3) is 5.36. The lowest BCUT2D eigenvalue weighted by molar-refractivity contribution is -0.120.